The summed E-state index contributed by atoms with van der Waals surface area (Å²) in [4.78, 5) is 15.3. The molecule has 1 atom stereocenters. The highest BCUT2D eigenvalue weighted by Crippen LogP contribution is 2.28. The van der Waals surface area contributed by atoms with Crippen molar-refractivity contribution in [3.8, 4) is 0 Å². The van der Waals surface area contributed by atoms with Crippen LogP contribution in [-0.2, 0) is 4.74 Å². The second-order valence-electron chi connectivity index (χ2n) is 7.17. The molecule has 2 aliphatic rings. The zero-order chi connectivity index (χ0) is 18.2. The molecule has 2 saturated heterocycles. The maximum absolute atomic E-state index is 9.83. The Morgan fingerprint density at radius 3 is 2.85 bits per heavy atom. The lowest BCUT2D eigenvalue weighted by Crippen LogP contribution is -2.53. The molecule has 1 unspecified atom stereocenters. The molecular weight excluding hydrogens is 332 g/mol. The van der Waals surface area contributed by atoms with Crippen molar-refractivity contribution >= 4 is 11.9 Å². The Morgan fingerprint density at radius 2 is 2.15 bits per heavy atom. The summed E-state index contributed by atoms with van der Waals surface area (Å²) in [6.07, 6.45) is 7.48. The molecule has 0 radical (unpaired) electrons. The summed E-state index contributed by atoms with van der Waals surface area (Å²) in [6.45, 7) is 4.12. The Hall–Kier alpha value is -1.93. The second kappa shape index (κ2) is 9.14. The number of aromatic nitrogens is 2. The van der Waals surface area contributed by atoms with Crippen LogP contribution in [0.15, 0.2) is 23.5 Å². The molecule has 0 bridgehead atoms. The number of nitrogens with zero attached hydrogens (tertiary/aromatic N) is 4. The molecule has 0 aromatic carbocycles. The maximum atomic E-state index is 9.83. The fourth-order valence-electron chi connectivity index (χ4n) is 3.59. The van der Waals surface area contributed by atoms with Crippen LogP contribution >= 0.6 is 0 Å². The molecule has 3 N–H and O–H groups in total. The van der Waals surface area contributed by atoms with Crippen LogP contribution in [0.3, 0.4) is 0 Å². The summed E-state index contributed by atoms with van der Waals surface area (Å²) in [5.74, 6) is 1.56. The van der Waals surface area contributed by atoms with Crippen LogP contribution in [0.2, 0.25) is 0 Å². The van der Waals surface area contributed by atoms with E-state index in [0.29, 0.717) is 25.8 Å². The van der Waals surface area contributed by atoms with Gasteiger partial charge in [-0.2, -0.15) is 0 Å². The third-order valence-electron chi connectivity index (χ3n) is 5.34. The van der Waals surface area contributed by atoms with Crippen molar-refractivity contribution in [3.05, 3.63) is 18.5 Å². The SMILES string of the molecule is CN=C(NCC1(CO)CCOCC1)NC1CCCN(c2ncccn2)C1. The largest absolute Gasteiger partial charge is 0.396 e. The Bertz CT molecular complexity index is 576. The quantitative estimate of drug-likeness (QED) is 0.515. The standard InChI is InChI=1S/C18H30N6O2/c1-19-16(22-13-18(14-25)5-10-26-11-6-18)23-15-4-2-9-24(12-15)17-20-7-3-8-21-17/h3,7-8,15,25H,2,4-6,9-14H2,1H3,(H2,19,22,23). The topological polar surface area (TPSA) is 94.9 Å². The number of aliphatic hydroxyl groups excluding tert-OH is 1. The van der Waals surface area contributed by atoms with E-state index >= 15 is 0 Å². The first kappa shape index (κ1) is 18.8. The van der Waals surface area contributed by atoms with Gasteiger partial charge in [-0.05, 0) is 31.7 Å². The minimum atomic E-state index is -0.119. The molecule has 2 fully saturated rings. The highest BCUT2D eigenvalue weighted by molar-refractivity contribution is 5.80. The number of nitrogens with one attached hydrogen (secondary N) is 2. The molecule has 3 heterocycles. The van der Waals surface area contributed by atoms with Crippen LogP contribution < -0.4 is 15.5 Å². The van der Waals surface area contributed by atoms with Gasteiger partial charge in [0.2, 0.25) is 5.95 Å². The first-order valence-electron chi connectivity index (χ1n) is 9.42. The predicted molar refractivity (Wildman–Crippen MR) is 101 cm³/mol. The normalized spacial score (nSPS) is 23.5. The van der Waals surface area contributed by atoms with E-state index in [1.165, 1.54) is 0 Å². The molecule has 0 amide bonds. The lowest BCUT2D eigenvalue weighted by molar-refractivity contribution is -0.0132. The van der Waals surface area contributed by atoms with Gasteiger partial charge in [-0.3, -0.25) is 4.99 Å². The lowest BCUT2D eigenvalue weighted by atomic mass is 9.81. The van der Waals surface area contributed by atoms with Crippen molar-refractivity contribution in [2.24, 2.45) is 10.4 Å². The summed E-state index contributed by atoms with van der Waals surface area (Å²) >= 11 is 0. The highest BCUT2D eigenvalue weighted by Gasteiger charge is 2.32. The van der Waals surface area contributed by atoms with Crippen LogP contribution in [-0.4, -0.2) is 73.6 Å². The van der Waals surface area contributed by atoms with E-state index in [2.05, 4.69) is 30.5 Å². The monoisotopic (exact) mass is 362 g/mol. The highest BCUT2D eigenvalue weighted by atomic mass is 16.5. The van der Waals surface area contributed by atoms with E-state index in [9.17, 15) is 5.11 Å². The van der Waals surface area contributed by atoms with Crippen molar-refractivity contribution in [1.29, 1.82) is 0 Å². The fraction of sp³-hybridized carbons (Fsp3) is 0.722. The van der Waals surface area contributed by atoms with Crippen LogP contribution in [0, 0.1) is 5.41 Å². The Morgan fingerprint density at radius 1 is 1.38 bits per heavy atom. The zero-order valence-electron chi connectivity index (χ0n) is 15.5. The Labute approximate surface area is 155 Å². The minimum Gasteiger partial charge on any atom is -0.396 e. The average Bonchev–Trinajstić information content (AvgIpc) is 2.72. The Kier molecular flexibility index (Phi) is 6.62. The van der Waals surface area contributed by atoms with Gasteiger partial charge in [0.15, 0.2) is 5.96 Å². The summed E-state index contributed by atoms with van der Waals surface area (Å²) in [7, 11) is 1.78. The van der Waals surface area contributed by atoms with E-state index in [0.717, 1.165) is 50.7 Å². The lowest BCUT2D eigenvalue weighted by Gasteiger charge is -2.37. The number of aliphatic hydroxyl groups is 1. The number of piperidine rings is 1. The Balaban J connectivity index is 1.53. The molecule has 0 saturated carbocycles. The second-order valence-corrected chi connectivity index (χ2v) is 7.17. The molecule has 8 nitrogen and oxygen atoms in total. The third kappa shape index (κ3) is 4.82. The minimum absolute atomic E-state index is 0.119. The van der Waals surface area contributed by atoms with Crippen LogP contribution in [0.5, 0.6) is 0 Å². The number of ether oxygens (including phenoxy) is 1. The van der Waals surface area contributed by atoms with Crippen molar-refractivity contribution in [2.45, 2.75) is 31.7 Å². The van der Waals surface area contributed by atoms with E-state index in [-0.39, 0.29) is 12.0 Å². The number of anilines is 1. The molecule has 144 valence electrons. The summed E-state index contributed by atoms with van der Waals surface area (Å²) in [6, 6.07) is 2.13. The van der Waals surface area contributed by atoms with Gasteiger partial charge in [0.05, 0.1) is 6.61 Å². The molecule has 0 spiro atoms. The molecule has 26 heavy (non-hydrogen) atoms. The van der Waals surface area contributed by atoms with Crippen molar-refractivity contribution < 1.29 is 9.84 Å². The predicted octanol–water partition coefficient (Wildman–Crippen LogP) is 0.400. The first-order valence-corrected chi connectivity index (χ1v) is 9.42. The summed E-state index contributed by atoms with van der Waals surface area (Å²) < 4.78 is 5.43. The molecule has 1 aromatic heterocycles. The van der Waals surface area contributed by atoms with Crippen molar-refractivity contribution in [2.75, 3.05) is 51.4 Å². The van der Waals surface area contributed by atoms with E-state index in [4.69, 9.17) is 4.74 Å². The van der Waals surface area contributed by atoms with E-state index in [1.54, 1.807) is 19.4 Å². The van der Waals surface area contributed by atoms with E-state index in [1.807, 2.05) is 6.07 Å². The summed E-state index contributed by atoms with van der Waals surface area (Å²) in [5.41, 5.74) is -0.119. The van der Waals surface area contributed by atoms with Gasteiger partial charge in [0, 0.05) is 63.7 Å². The van der Waals surface area contributed by atoms with Gasteiger partial charge in [0.25, 0.3) is 0 Å². The van der Waals surface area contributed by atoms with Crippen molar-refractivity contribution in [3.63, 3.8) is 0 Å². The smallest absolute Gasteiger partial charge is 0.225 e. The van der Waals surface area contributed by atoms with Crippen LogP contribution in [0.4, 0.5) is 5.95 Å². The average molecular weight is 362 g/mol. The number of hydrogen-bond donors (Lipinski definition) is 3. The van der Waals surface area contributed by atoms with Gasteiger partial charge >= 0.3 is 0 Å². The number of hydrogen-bond acceptors (Lipinski definition) is 6. The molecule has 3 rings (SSSR count). The third-order valence-corrected chi connectivity index (χ3v) is 5.34. The van der Waals surface area contributed by atoms with Gasteiger partial charge in [-0.25, -0.2) is 9.97 Å². The molecular formula is C18H30N6O2. The number of guanidine groups is 1. The van der Waals surface area contributed by atoms with Crippen molar-refractivity contribution in [1.82, 2.24) is 20.6 Å². The molecule has 0 aliphatic carbocycles. The molecule has 2 aliphatic heterocycles. The number of aliphatic imine (C=N–C) groups is 1. The maximum Gasteiger partial charge on any atom is 0.225 e. The van der Waals surface area contributed by atoms with Crippen LogP contribution in [0.25, 0.3) is 0 Å². The zero-order valence-corrected chi connectivity index (χ0v) is 15.5. The van der Waals surface area contributed by atoms with E-state index < -0.39 is 0 Å². The summed E-state index contributed by atoms with van der Waals surface area (Å²) in [5, 5.41) is 16.8. The molecule has 1 aromatic rings. The van der Waals surface area contributed by atoms with Gasteiger partial charge in [0.1, 0.15) is 0 Å². The van der Waals surface area contributed by atoms with Gasteiger partial charge < -0.3 is 25.4 Å². The number of rotatable bonds is 5. The fourth-order valence-corrected chi connectivity index (χ4v) is 3.59. The molecule has 8 heteroatoms. The van der Waals surface area contributed by atoms with Gasteiger partial charge in [-0.15, -0.1) is 0 Å². The first-order chi connectivity index (χ1) is 12.7. The van der Waals surface area contributed by atoms with Gasteiger partial charge in [-0.1, -0.05) is 0 Å². The van der Waals surface area contributed by atoms with Crippen LogP contribution in [0.1, 0.15) is 25.7 Å².